The smallest absolute Gasteiger partial charge is 0.267 e. The van der Waals surface area contributed by atoms with E-state index in [0.29, 0.717) is 17.2 Å². The van der Waals surface area contributed by atoms with Gasteiger partial charge in [-0.1, -0.05) is 37.3 Å². The zero-order valence-corrected chi connectivity index (χ0v) is 16.5. The van der Waals surface area contributed by atoms with Crippen LogP contribution in [0.4, 0.5) is 0 Å². The molecular formula is C23H29N3O2. The maximum absolute atomic E-state index is 13.1. The Kier molecular flexibility index (Phi) is 5.51. The van der Waals surface area contributed by atoms with Crippen LogP contribution in [-0.2, 0) is 13.0 Å². The average molecular weight is 380 g/mol. The molecule has 1 fully saturated rings. The maximum Gasteiger partial charge on any atom is 0.267 e. The summed E-state index contributed by atoms with van der Waals surface area (Å²) in [7, 11) is 0. The predicted molar refractivity (Wildman–Crippen MR) is 109 cm³/mol. The van der Waals surface area contributed by atoms with Crippen LogP contribution in [0.25, 0.3) is 0 Å². The first-order valence-electron chi connectivity index (χ1n) is 10.5. The Labute approximate surface area is 166 Å². The quantitative estimate of drug-likeness (QED) is 0.768. The van der Waals surface area contributed by atoms with Gasteiger partial charge in [-0.05, 0) is 56.1 Å². The summed E-state index contributed by atoms with van der Waals surface area (Å²) in [5, 5.41) is 6.23. The number of benzene rings is 1. The van der Waals surface area contributed by atoms with Crippen molar-refractivity contribution in [1.29, 1.82) is 0 Å². The van der Waals surface area contributed by atoms with Gasteiger partial charge in [0.2, 0.25) is 0 Å². The number of nitrogens with one attached hydrogen (secondary N) is 2. The Balaban J connectivity index is 1.56. The number of aromatic nitrogens is 1. The number of amides is 2. The van der Waals surface area contributed by atoms with E-state index in [0.717, 1.165) is 50.0 Å². The van der Waals surface area contributed by atoms with Crippen molar-refractivity contribution < 1.29 is 9.59 Å². The Morgan fingerprint density at radius 2 is 1.93 bits per heavy atom. The van der Waals surface area contributed by atoms with E-state index in [9.17, 15) is 9.59 Å². The van der Waals surface area contributed by atoms with Crippen molar-refractivity contribution in [2.45, 2.75) is 58.0 Å². The van der Waals surface area contributed by atoms with Gasteiger partial charge in [0.25, 0.3) is 11.8 Å². The van der Waals surface area contributed by atoms with Crippen LogP contribution in [0, 0.1) is 5.92 Å². The van der Waals surface area contributed by atoms with Crippen LogP contribution in [0.1, 0.15) is 77.2 Å². The molecule has 0 unspecified atom stereocenters. The zero-order chi connectivity index (χ0) is 19.5. The van der Waals surface area contributed by atoms with Crippen LogP contribution in [0.3, 0.4) is 0 Å². The lowest BCUT2D eigenvalue weighted by molar-refractivity contribution is 0.0930. The SMILES string of the molecule is CC[C@@H](NC(=O)c1cc(C(=O)NCC2CC2)n2c1CCCC2)c1ccccc1. The molecular weight excluding hydrogens is 350 g/mol. The second-order valence-electron chi connectivity index (χ2n) is 8.00. The summed E-state index contributed by atoms with van der Waals surface area (Å²) in [6.45, 7) is 3.63. The van der Waals surface area contributed by atoms with Crippen molar-refractivity contribution in [2.75, 3.05) is 6.54 Å². The summed E-state index contributed by atoms with van der Waals surface area (Å²) in [4.78, 5) is 25.8. The first-order chi connectivity index (χ1) is 13.7. The van der Waals surface area contributed by atoms with E-state index in [4.69, 9.17) is 0 Å². The van der Waals surface area contributed by atoms with Crippen molar-refractivity contribution in [1.82, 2.24) is 15.2 Å². The van der Waals surface area contributed by atoms with Gasteiger partial charge in [-0.25, -0.2) is 0 Å². The summed E-state index contributed by atoms with van der Waals surface area (Å²) in [5.41, 5.74) is 3.40. The molecule has 1 aliphatic heterocycles. The summed E-state index contributed by atoms with van der Waals surface area (Å²) >= 11 is 0. The molecule has 5 nitrogen and oxygen atoms in total. The van der Waals surface area contributed by atoms with E-state index in [-0.39, 0.29) is 17.9 Å². The molecule has 2 aliphatic rings. The largest absolute Gasteiger partial charge is 0.350 e. The Hall–Kier alpha value is -2.56. The van der Waals surface area contributed by atoms with Gasteiger partial charge >= 0.3 is 0 Å². The second kappa shape index (κ2) is 8.21. The standard InChI is InChI=1S/C23H29N3O2/c1-2-19(17-8-4-3-5-9-17)25-22(27)18-14-21(23(28)24-15-16-11-12-16)26-13-7-6-10-20(18)26/h3-5,8-9,14,16,19H,2,6-7,10-13,15H2,1H3,(H,24,28)(H,25,27)/t19-/m1/s1. The normalized spacial score (nSPS) is 16.9. The molecule has 4 rings (SSSR count). The van der Waals surface area contributed by atoms with E-state index >= 15 is 0 Å². The van der Waals surface area contributed by atoms with Gasteiger partial charge in [0, 0.05) is 18.8 Å². The molecule has 2 amide bonds. The lowest BCUT2D eigenvalue weighted by atomic mass is 10.0. The van der Waals surface area contributed by atoms with Crippen LogP contribution < -0.4 is 10.6 Å². The molecule has 2 N–H and O–H groups in total. The first kappa shape index (κ1) is 18.8. The van der Waals surface area contributed by atoms with Crippen LogP contribution in [0.2, 0.25) is 0 Å². The van der Waals surface area contributed by atoms with Crippen LogP contribution in [0.15, 0.2) is 36.4 Å². The third kappa shape index (κ3) is 3.98. The molecule has 148 valence electrons. The van der Waals surface area contributed by atoms with Gasteiger partial charge in [0.15, 0.2) is 0 Å². The fourth-order valence-electron chi connectivity index (χ4n) is 4.05. The molecule has 0 saturated heterocycles. The molecule has 0 spiro atoms. The van der Waals surface area contributed by atoms with Gasteiger partial charge in [-0.15, -0.1) is 0 Å². The lowest BCUT2D eigenvalue weighted by Crippen LogP contribution is -2.29. The molecule has 0 radical (unpaired) electrons. The second-order valence-corrected chi connectivity index (χ2v) is 8.00. The highest BCUT2D eigenvalue weighted by Gasteiger charge is 2.28. The first-order valence-corrected chi connectivity index (χ1v) is 10.5. The summed E-state index contributed by atoms with van der Waals surface area (Å²) in [6.07, 6.45) is 6.19. The van der Waals surface area contributed by atoms with Crippen LogP contribution in [0.5, 0.6) is 0 Å². The number of rotatable bonds is 7. The van der Waals surface area contributed by atoms with Gasteiger partial charge in [0.1, 0.15) is 5.69 Å². The minimum Gasteiger partial charge on any atom is -0.350 e. The molecule has 1 aromatic carbocycles. The number of hydrogen-bond acceptors (Lipinski definition) is 2. The third-order valence-corrected chi connectivity index (χ3v) is 5.89. The lowest BCUT2D eigenvalue weighted by Gasteiger charge is -2.20. The highest BCUT2D eigenvalue weighted by Crippen LogP contribution is 2.28. The molecule has 2 heterocycles. The van der Waals surface area contributed by atoms with Crippen molar-refractivity contribution in [3.05, 3.63) is 58.9 Å². The number of carbonyl (C=O) groups is 2. The number of carbonyl (C=O) groups excluding carboxylic acids is 2. The molecule has 2 aromatic rings. The highest BCUT2D eigenvalue weighted by molar-refractivity contribution is 6.00. The van der Waals surface area contributed by atoms with E-state index in [1.165, 1.54) is 12.8 Å². The van der Waals surface area contributed by atoms with E-state index < -0.39 is 0 Å². The fourth-order valence-corrected chi connectivity index (χ4v) is 4.05. The van der Waals surface area contributed by atoms with Crippen molar-refractivity contribution >= 4 is 11.8 Å². The van der Waals surface area contributed by atoms with E-state index in [1.807, 2.05) is 30.3 Å². The van der Waals surface area contributed by atoms with Crippen LogP contribution >= 0.6 is 0 Å². The van der Waals surface area contributed by atoms with Crippen molar-refractivity contribution in [3.8, 4) is 0 Å². The van der Waals surface area contributed by atoms with E-state index in [2.05, 4.69) is 22.1 Å². The minimum atomic E-state index is -0.0809. The minimum absolute atomic E-state index is 0.0278. The van der Waals surface area contributed by atoms with Crippen molar-refractivity contribution in [2.24, 2.45) is 5.92 Å². The molecule has 1 atom stereocenters. The van der Waals surface area contributed by atoms with Crippen molar-refractivity contribution in [3.63, 3.8) is 0 Å². The Morgan fingerprint density at radius 3 is 2.64 bits per heavy atom. The summed E-state index contributed by atoms with van der Waals surface area (Å²) in [6, 6.07) is 11.8. The van der Waals surface area contributed by atoms with Gasteiger partial charge in [-0.3, -0.25) is 9.59 Å². The number of nitrogens with zero attached hydrogens (tertiary/aromatic N) is 1. The molecule has 5 heteroatoms. The molecule has 1 aromatic heterocycles. The van der Waals surface area contributed by atoms with E-state index in [1.54, 1.807) is 6.07 Å². The monoisotopic (exact) mass is 379 g/mol. The topological polar surface area (TPSA) is 63.1 Å². The summed E-state index contributed by atoms with van der Waals surface area (Å²) < 4.78 is 2.06. The third-order valence-electron chi connectivity index (χ3n) is 5.89. The summed E-state index contributed by atoms with van der Waals surface area (Å²) in [5.74, 6) is 0.505. The molecule has 0 bridgehead atoms. The maximum atomic E-state index is 13.1. The Bertz CT molecular complexity index is 852. The number of fused-ring (bicyclic) bond motifs is 1. The molecule has 1 aliphatic carbocycles. The predicted octanol–water partition coefficient (Wildman–Crippen LogP) is 3.85. The average Bonchev–Trinajstić information content (AvgIpc) is 3.49. The van der Waals surface area contributed by atoms with Gasteiger partial charge < -0.3 is 15.2 Å². The van der Waals surface area contributed by atoms with Gasteiger partial charge in [0.05, 0.1) is 11.6 Å². The van der Waals surface area contributed by atoms with Crippen LogP contribution in [-0.4, -0.2) is 22.9 Å². The molecule has 28 heavy (non-hydrogen) atoms. The van der Waals surface area contributed by atoms with Gasteiger partial charge in [-0.2, -0.15) is 0 Å². The number of hydrogen-bond donors (Lipinski definition) is 2. The highest BCUT2D eigenvalue weighted by atomic mass is 16.2. The zero-order valence-electron chi connectivity index (χ0n) is 16.5. The molecule has 1 saturated carbocycles. The fraction of sp³-hybridized carbons (Fsp3) is 0.478. The Morgan fingerprint density at radius 1 is 1.14 bits per heavy atom.